The van der Waals surface area contributed by atoms with Crippen LogP contribution in [0.5, 0.6) is 11.5 Å². The van der Waals surface area contributed by atoms with Crippen molar-refractivity contribution in [3.05, 3.63) is 71.1 Å². The molecule has 2 aromatic rings. The van der Waals surface area contributed by atoms with Crippen molar-refractivity contribution in [1.82, 2.24) is 9.71 Å². The molecule has 0 saturated heterocycles. The highest BCUT2D eigenvalue weighted by molar-refractivity contribution is 7.90. The molecule has 3 N–H and O–H groups in total. The summed E-state index contributed by atoms with van der Waals surface area (Å²) in [4.78, 5) is 17.0. The second kappa shape index (κ2) is 11.1. The molecule has 1 heterocycles. The van der Waals surface area contributed by atoms with Gasteiger partial charge in [0.1, 0.15) is 16.4 Å². The molecule has 1 aromatic carbocycles. The molecule has 0 saturated carbocycles. The second-order valence-electron chi connectivity index (χ2n) is 9.30. The van der Waals surface area contributed by atoms with Crippen LogP contribution in [-0.4, -0.2) is 29.5 Å². The van der Waals surface area contributed by atoms with Gasteiger partial charge in [-0.1, -0.05) is 43.6 Å². The Morgan fingerprint density at radius 3 is 2.66 bits per heavy atom. The van der Waals surface area contributed by atoms with Crippen molar-refractivity contribution in [1.29, 1.82) is 0 Å². The number of aryl methyl sites for hydroxylation is 1. The van der Waals surface area contributed by atoms with Crippen LogP contribution in [0.2, 0.25) is 0 Å². The summed E-state index contributed by atoms with van der Waals surface area (Å²) in [5.41, 5.74) is 2.52. The van der Waals surface area contributed by atoms with Gasteiger partial charge in [-0.05, 0) is 69.2 Å². The summed E-state index contributed by atoms with van der Waals surface area (Å²) in [7, 11) is -4.21. The number of unbranched alkanes of at least 4 members (excludes halogenated alkanes) is 2. The topological polar surface area (TPSA) is 117 Å². The lowest BCUT2D eigenvalue weighted by molar-refractivity contribution is 0.0977. The van der Waals surface area contributed by atoms with E-state index in [0.717, 1.165) is 49.4 Å². The van der Waals surface area contributed by atoms with Gasteiger partial charge in [0.05, 0.1) is 5.56 Å². The van der Waals surface area contributed by atoms with E-state index in [9.17, 15) is 23.4 Å². The van der Waals surface area contributed by atoms with Crippen molar-refractivity contribution in [3.8, 4) is 11.5 Å². The van der Waals surface area contributed by atoms with E-state index < -0.39 is 21.7 Å². The largest absolute Gasteiger partial charge is 0.507 e. The highest BCUT2D eigenvalue weighted by atomic mass is 32.2. The Kier molecular flexibility index (Phi) is 8.38. The summed E-state index contributed by atoms with van der Waals surface area (Å²) in [5.74, 6) is -1.85. The van der Waals surface area contributed by atoms with E-state index in [1.54, 1.807) is 0 Å². The zero-order chi connectivity index (χ0) is 25.8. The first-order valence-corrected chi connectivity index (χ1v) is 13.4. The van der Waals surface area contributed by atoms with Crippen LogP contribution in [0.25, 0.3) is 0 Å². The van der Waals surface area contributed by atoms with Crippen molar-refractivity contribution in [3.63, 3.8) is 0 Å². The lowest BCUT2D eigenvalue weighted by Gasteiger charge is -2.32. The summed E-state index contributed by atoms with van der Waals surface area (Å²) in [5, 5.41) is 22.4. The van der Waals surface area contributed by atoms with Crippen LogP contribution in [0.3, 0.4) is 0 Å². The second-order valence-corrected chi connectivity index (χ2v) is 11.0. The van der Waals surface area contributed by atoms with E-state index in [2.05, 4.69) is 16.3 Å². The molecule has 2 atom stereocenters. The summed E-state index contributed by atoms with van der Waals surface area (Å²) >= 11 is 0. The van der Waals surface area contributed by atoms with Crippen molar-refractivity contribution >= 4 is 15.9 Å². The number of phenolic OH excluding ortho intramolecular Hbond substituents is 2. The number of aromatic nitrogens is 1. The highest BCUT2D eigenvalue weighted by Gasteiger charge is 2.34. The normalized spacial score (nSPS) is 18.1. The Morgan fingerprint density at radius 2 is 2.03 bits per heavy atom. The number of rotatable bonds is 9. The molecule has 1 amide bonds. The van der Waals surface area contributed by atoms with Gasteiger partial charge < -0.3 is 10.2 Å². The zero-order valence-electron chi connectivity index (χ0n) is 20.5. The molecule has 0 bridgehead atoms. The average Bonchev–Trinajstić information content (AvgIpc) is 2.79. The monoisotopic (exact) mass is 498 g/mol. The number of phenols is 2. The smallest absolute Gasteiger partial charge is 0.269 e. The van der Waals surface area contributed by atoms with E-state index >= 15 is 0 Å². The third kappa shape index (κ3) is 5.93. The fourth-order valence-corrected chi connectivity index (χ4v) is 5.63. The molecule has 7 nitrogen and oxygen atoms in total. The molecule has 1 aliphatic rings. The number of pyridine rings is 1. The molecule has 1 aliphatic carbocycles. The van der Waals surface area contributed by atoms with Crippen LogP contribution < -0.4 is 4.72 Å². The van der Waals surface area contributed by atoms with Crippen molar-refractivity contribution in [2.75, 3.05) is 0 Å². The van der Waals surface area contributed by atoms with Gasteiger partial charge in [0, 0.05) is 23.9 Å². The number of nitrogens with zero attached hydrogens (tertiary/aromatic N) is 1. The Hall–Kier alpha value is -3.13. The fraction of sp³-hybridized carbons (Fsp3) is 0.407. The van der Waals surface area contributed by atoms with Crippen molar-refractivity contribution < 1.29 is 23.4 Å². The van der Waals surface area contributed by atoms with Crippen LogP contribution in [0.1, 0.15) is 80.3 Å². The third-order valence-corrected chi connectivity index (χ3v) is 7.88. The molecule has 0 spiro atoms. The van der Waals surface area contributed by atoms with Crippen molar-refractivity contribution in [2.45, 2.75) is 70.1 Å². The van der Waals surface area contributed by atoms with Crippen LogP contribution in [0.15, 0.2) is 59.3 Å². The Bertz CT molecular complexity index is 1240. The summed E-state index contributed by atoms with van der Waals surface area (Å²) in [6.07, 6.45) is 9.21. The minimum Gasteiger partial charge on any atom is -0.507 e. The quantitative estimate of drug-likeness (QED) is 0.317. The van der Waals surface area contributed by atoms with Gasteiger partial charge in [0.2, 0.25) is 0 Å². The number of hydrogen-bond acceptors (Lipinski definition) is 6. The van der Waals surface area contributed by atoms with Gasteiger partial charge in [0.25, 0.3) is 15.9 Å². The van der Waals surface area contributed by atoms with Crippen LogP contribution in [-0.2, 0) is 16.4 Å². The molecule has 0 aliphatic heterocycles. The van der Waals surface area contributed by atoms with E-state index in [4.69, 9.17) is 0 Å². The molecule has 3 rings (SSSR count). The standard InChI is InChI=1S/C27H34N2O5S/c1-5-6-7-9-19-15-23(30)25(22-14-18(4)11-12-21(22)17(2)3)26(31)24(19)27(32)29-35(33,34)20-10-8-13-28-16-20/h8,10,13-16,21-22,30-31H,2,5-7,9,11-12H2,1,3-4H3,(H,29,32)/t21-,22+/m0/s1. The lowest BCUT2D eigenvalue weighted by Crippen LogP contribution is -2.31. The zero-order valence-corrected chi connectivity index (χ0v) is 21.4. The number of aromatic hydroxyl groups is 2. The fourth-order valence-electron chi connectivity index (χ4n) is 4.71. The van der Waals surface area contributed by atoms with E-state index in [1.807, 2.05) is 26.8 Å². The number of nitrogens with one attached hydrogen (secondary N) is 1. The number of benzene rings is 1. The maximum atomic E-state index is 13.3. The Labute approximate surface area is 207 Å². The maximum Gasteiger partial charge on any atom is 0.269 e. The number of carbonyl (C=O) groups is 1. The van der Waals surface area contributed by atoms with Crippen molar-refractivity contribution in [2.24, 2.45) is 5.92 Å². The summed E-state index contributed by atoms with van der Waals surface area (Å²) in [6.45, 7) is 10.0. The first-order chi connectivity index (χ1) is 16.6. The van der Waals surface area contributed by atoms with E-state index in [1.165, 1.54) is 24.4 Å². The Balaban J connectivity index is 2.13. The number of carbonyl (C=O) groups excluding carboxylic acids is 1. The predicted molar refractivity (Wildman–Crippen MR) is 136 cm³/mol. The van der Waals surface area contributed by atoms with Crippen LogP contribution >= 0.6 is 0 Å². The number of hydrogen-bond donors (Lipinski definition) is 3. The van der Waals surface area contributed by atoms with E-state index in [-0.39, 0.29) is 33.6 Å². The molecule has 35 heavy (non-hydrogen) atoms. The minimum atomic E-state index is -4.21. The molecule has 188 valence electrons. The molecular formula is C27H34N2O5S. The van der Waals surface area contributed by atoms with Gasteiger partial charge in [-0.15, -0.1) is 0 Å². The molecule has 0 radical (unpaired) electrons. The molecule has 1 aromatic heterocycles. The lowest BCUT2D eigenvalue weighted by atomic mass is 9.73. The first-order valence-electron chi connectivity index (χ1n) is 11.9. The molecular weight excluding hydrogens is 464 g/mol. The maximum absolute atomic E-state index is 13.3. The third-order valence-electron chi connectivity index (χ3n) is 6.56. The predicted octanol–water partition coefficient (Wildman–Crippen LogP) is 5.36. The molecule has 0 fully saturated rings. The Morgan fingerprint density at radius 1 is 1.29 bits per heavy atom. The van der Waals surface area contributed by atoms with Gasteiger partial charge in [-0.25, -0.2) is 13.1 Å². The average molecular weight is 499 g/mol. The van der Waals surface area contributed by atoms with Crippen LogP contribution in [0.4, 0.5) is 0 Å². The van der Waals surface area contributed by atoms with Gasteiger partial charge in [-0.3, -0.25) is 9.78 Å². The van der Waals surface area contributed by atoms with Gasteiger partial charge in [-0.2, -0.15) is 0 Å². The number of amides is 1. The number of allylic oxidation sites excluding steroid dienone is 3. The SMILES string of the molecule is C=C(C)[C@@H]1CCC(C)=C[C@H]1c1c(O)cc(CCCCC)c(C(=O)NS(=O)(=O)c2cccnc2)c1O. The van der Waals surface area contributed by atoms with Gasteiger partial charge in [0.15, 0.2) is 0 Å². The molecule has 0 unspecified atom stereocenters. The number of sulfonamides is 1. The highest BCUT2D eigenvalue weighted by Crippen LogP contribution is 2.48. The minimum absolute atomic E-state index is 0.0310. The van der Waals surface area contributed by atoms with E-state index in [0.29, 0.717) is 12.0 Å². The van der Waals surface area contributed by atoms with Crippen LogP contribution in [0, 0.1) is 5.92 Å². The first kappa shape index (κ1) is 26.5. The molecule has 8 heteroatoms. The summed E-state index contributed by atoms with van der Waals surface area (Å²) in [6, 6.07) is 4.28. The summed E-state index contributed by atoms with van der Waals surface area (Å²) < 4.78 is 27.7. The van der Waals surface area contributed by atoms with Gasteiger partial charge >= 0.3 is 0 Å².